The van der Waals surface area contributed by atoms with Crippen LogP contribution in [0.2, 0.25) is 0 Å². The quantitative estimate of drug-likeness (QED) is 0.485. The number of sulfone groups is 1. The van der Waals surface area contributed by atoms with Gasteiger partial charge in [-0.3, -0.25) is 14.6 Å². The summed E-state index contributed by atoms with van der Waals surface area (Å²) < 4.78 is 24.8. The Bertz CT molecular complexity index is 1320. The van der Waals surface area contributed by atoms with Crippen molar-refractivity contribution in [1.29, 1.82) is 0 Å². The Morgan fingerprint density at radius 1 is 0.943 bits per heavy atom. The molecule has 0 unspecified atom stereocenters. The highest BCUT2D eigenvalue weighted by atomic mass is 32.2. The summed E-state index contributed by atoms with van der Waals surface area (Å²) in [5.41, 5.74) is 2.65. The summed E-state index contributed by atoms with van der Waals surface area (Å²) in [6, 6.07) is 17.3. The lowest BCUT2D eigenvalue weighted by Crippen LogP contribution is -2.33. The molecular weight excluding hydrogens is 462 g/mol. The summed E-state index contributed by atoms with van der Waals surface area (Å²) in [7, 11) is -3.26. The highest BCUT2D eigenvalue weighted by molar-refractivity contribution is 7.91. The van der Waals surface area contributed by atoms with E-state index in [0.29, 0.717) is 22.1 Å². The summed E-state index contributed by atoms with van der Waals surface area (Å²) in [5.74, 6) is 0.188. The van der Waals surface area contributed by atoms with E-state index in [1.807, 2.05) is 12.1 Å². The molecule has 2 saturated carbocycles. The molecule has 0 aliphatic heterocycles. The Morgan fingerprint density at radius 2 is 1.66 bits per heavy atom. The second-order valence-electron chi connectivity index (χ2n) is 9.29. The molecule has 2 fully saturated rings. The van der Waals surface area contributed by atoms with Gasteiger partial charge in [0.2, 0.25) is 5.91 Å². The zero-order valence-corrected chi connectivity index (χ0v) is 20.1. The SMILES string of the molecule is O=C(Cc1ccc(S(=O)(=O)CC2CC2)cc1)Nc1ccc(C(=O)N(c2cccnc2)C2CC2)cc1. The lowest BCUT2D eigenvalue weighted by molar-refractivity contribution is -0.115. The summed E-state index contributed by atoms with van der Waals surface area (Å²) in [6.45, 7) is 0. The Labute approximate surface area is 205 Å². The van der Waals surface area contributed by atoms with E-state index in [1.165, 1.54) is 0 Å². The van der Waals surface area contributed by atoms with Gasteiger partial charge in [-0.25, -0.2) is 8.42 Å². The molecule has 2 aliphatic rings. The van der Waals surface area contributed by atoms with Crippen LogP contribution in [-0.4, -0.2) is 37.0 Å². The van der Waals surface area contributed by atoms with Crippen molar-refractivity contribution in [2.24, 2.45) is 5.92 Å². The number of carbonyl (C=O) groups excluding carboxylic acids is 2. The van der Waals surface area contributed by atoms with Crippen molar-refractivity contribution in [3.63, 3.8) is 0 Å². The topological polar surface area (TPSA) is 96.4 Å². The fourth-order valence-electron chi connectivity index (χ4n) is 4.05. The third-order valence-electron chi connectivity index (χ3n) is 6.27. The fraction of sp³-hybridized carbons (Fsp3) is 0.296. The van der Waals surface area contributed by atoms with Crippen LogP contribution in [0.1, 0.15) is 41.6 Å². The van der Waals surface area contributed by atoms with Gasteiger partial charge in [0.05, 0.1) is 29.0 Å². The van der Waals surface area contributed by atoms with Gasteiger partial charge in [0.25, 0.3) is 5.91 Å². The van der Waals surface area contributed by atoms with Crippen LogP contribution in [0.3, 0.4) is 0 Å². The minimum absolute atomic E-state index is 0.0879. The zero-order chi connectivity index (χ0) is 24.4. The van der Waals surface area contributed by atoms with Gasteiger partial charge in [0.15, 0.2) is 9.84 Å². The summed E-state index contributed by atoms with van der Waals surface area (Å²) in [5, 5.41) is 2.84. The van der Waals surface area contributed by atoms with Crippen molar-refractivity contribution in [2.75, 3.05) is 16.0 Å². The lowest BCUT2D eigenvalue weighted by atomic mass is 10.1. The number of nitrogens with one attached hydrogen (secondary N) is 1. The number of benzene rings is 2. The molecule has 5 rings (SSSR count). The van der Waals surface area contributed by atoms with Crippen LogP contribution in [0, 0.1) is 5.92 Å². The van der Waals surface area contributed by atoms with E-state index in [9.17, 15) is 18.0 Å². The van der Waals surface area contributed by atoms with Crippen molar-refractivity contribution in [3.05, 3.63) is 84.2 Å². The predicted molar refractivity (Wildman–Crippen MR) is 134 cm³/mol. The van der Waals surface area contributed by atoms with Crippen LogP contribution in [0.4, 0.5) is 11.4 Å². The molecular formula is C27H27N3O4S. The van der Waals surface area contributed by atoms with Gasteiger partial charge >= 0.3 is 0 Å². The Balaban J connectivity index is 1.19. The number of rotatable bonds is 9. The number of aromatic nitrogens is 1. The van der Waals surface area contributed by atoms with Crippen molar-refractivity contribution in [3.8, 4) is 0 Å². The molecule has 0 atom stereocenters. The average Bonchev–Trinajstić information content (AvgIpc) is 3.78. The van der Waals surface area contributed by atoms with E-state index in [-0.39, 0.29) is 30.0 Å². The number of anilines is 2. The first kappa shape index (κ1) is 23.2. The second-order valence-corrected chi connectivity index (χ2v) is 11.3. The predicted octanol–water partition coefficient (Wildman–Crippen LogP) is 4.26. The summed E-state index contributed by atoms with van der Waals surface area (Å²) in [4.78, 5) is 31.9. The van der Waals surface area contributed by atoms with E-state index in [2.05, 4.69) is 10.3 Å². The molecule has 0 radical (unpaired) electrons. The molecule has 1 aromatic heterocycles. The molecule has 2 aliphatic carbocycles. The molecule has 1 N–H and O–H groups in total. The van der Waals surface area contributed by atoms with E-state index in [0.717, 1.165) is 36.9 Å². The number of hydrogen-bond donors (Lipinski definition) is 1. The van der Waals surface area contributed by atoms with Crippen molar-refractivity contribution in [2.45, 2.75) is 43.0 Å². The molecule has 180 valence electrons. The van der Waals surface area contributed by atoms with E-state index < -0.39 is 9.84 Å². The standard InChI is InChI=1S/C27H27N3O4S/c31-26(16-19-5-13-25(14-6-19)35(33,34)18-20-3-4-20)29-22-9-7-21(8-10-22)27(32)30(23-11-12-23)24-2-1-15-28-17-24/h1-2,5-10,13-15,17,20,23H,3-4,11-12,16,18H2,(H,29,31). The van der Waals surface area contributed by atoms with Crippen LogP contribution >= 0.6 is 0 Å². The highest BCUT2D eigenvalue weighted by Gasteiger charge is 2.34. The third kappa shape index (κ3) is 5.77. The van der Waals surface area contributed by atoms with Gasteiger partial charge in [-0.05, 0) is 85.7 Å². The Morgan fingerprint density at radius 3 is 2.26 bits per heavy atom. The van der Waals surface area contributed by atoms with Gasteiger partial charge in [-0.2, -0.15) is 0 Å². The normalized spacial score (nSPS) is 15.4. The van der Waals surface area contributed by atoms with Crippen LogP contribution in [0.5, 0.6) is 0 Å². The zero-order valence-electron chi connectivity index (χ0n) is 19.3. The van der Waals surface area contributed by atoms with Crippen LogP contribution < -0.4 is 10.2 Å². The number of carbonyl (C=O) groups is 2. The van der Waals surface area contributed by atoms with Gasteiger partial charge in [0, 0.05) is 23.5 Å². The Kier molecular flexibility index (Phi) is 6.38. The van der Waals surface area contributed by atoms with Crippen LogP contribution in [0.25, 0.3) is 0 Å². The molecule has 2 aromatic carbocycles. The number of amides is 2. The maximum atomic E-state index is 13.1. The largest absolute Gasteiger partial charge is 0.326 e. The molecule has 0 spiro atoms. The van der Waals surface area contributed by atoms with Gasteiger partial charge in [-0.15, -0.1) is 0 Å². The highest BCUT2D eigenvalue weighted by Crippen LogP contribution is 2.33. The van der Waals surface area contributed by atoms with E-state index >= 15 is 0 Å². The first-order valence-electron chi connectivity index (χ1n) is 11.8. The smallest absolute Gasteiger partial charge is 0.258 e. The van der Waals surface area contributed by atoms with Crippen molar-refractivity contribution in [1.82, 2.24) is 4.98 Å². The van der Waals surface area contributed by atoms with Gasteiger partial charge < -0.3 is 10.2 Å². The summed E-state index contributed by atoms with van der Waals surface area (Å²) in [6.07, 6.45) is 7.41. The van der Waals surface area contributed by atoms with Crippen molar-refractivity contribution >= 4 is 33.0 Å². The first-order valence-corrected chi connectivity index (χ1v) is 13.5. The van der Waals surface area contributed by atoms with Gasteiger partial charge in [0.1, 0.15) is 0 Å². The van der Waals surface area contributed by atoms with Crippen LogP contribution in [0.15, 0.2) is 78.0 Å². The third-order valence-corrected chi connectivity index (χ3v) is 8.17. The van der Waals surface area contributed by atoms with Gasteiger partial charge in [-0.1, -0.05) is 12.1 Å². The molecule has 8 heteroatoms. The number of hydrogen-bond acceptors (Lipinski definition) is 5. The van der Waals surface area contributed by atoms with Crippen LogP contribution in [-0.2, 0) is 21.1 Å². The Hall–Kier alpha value is -3.52. The maximum absolute atomic E-state index is 13.1. The minimum atomic E-state index is -3.26. The molecule has 2 amide bonds. The molecule has 7 nitrogen and oxygen atoms in total. The second kappa shape index (κ2) is 9.62. The summed E-state index contributed by atoms with van der Waals surface area (Å²) >= 11 is 0. The van der Waals surface area contributed by atoms with E-state index in [1.54, 1.807) is 65.8 Å². The maximum Gasteiger partial charge on any atom is 0.258 e. The molecule has 0 bridgehead atoms. The lowest BCUT2D eigenvalue weighted by Gasteiger charge is -2.22. The van der Waals surface area contributed by atoms with E-state index in [4.69, 9.17) is 0 Å². The number of pyridine rings is 1. The minimum Gasteiger partial charge on any atom is -0.326 e. The molecule has 1 heterocycles. The average molecular weight is 490 g/mol. The van der Waals surface area contributed by atoms with Crippen molar-refractivity contribution < 1.29 is 18.0 Å². The number of nitrogens with zero attached hydrogens (tertiary/aromatic N) is 2. The fourth-order valence-corrected chi connectivity index (χ4v) is 5.75. The molecule has 35 heavy (non-hydrogen) atoms. The monoisotopic (exact) mass is 489 g/mol. The molecule has 3 aromatic rings. The molecule has 0 saturated heterocycles. The first-order chi connectivity index (χ1) is 16.9.